The van der Waals surface area contributed by atoms with E-state index in [-0.39, 0.29) is 11.5 Å². The Morgan fingerprint density at radius 1 is 0.857 bits per heavy atom. The van der Waals surface area contributed by atoms with Crippen LogP contribution in [0.5, 0.6) is 11.5 Å². The van der Waals surface area contributed by atoms with Gasteiger partial charge in [-0.25, -0.2) is 4.79 Å². The molecule has 0 bridgehead atoms. The summed E-state index contributed by atoms with van der Waals surface area (Å²) in [6, 6.07) is 12.6. The molecule has 4 heteroatoms. The summed E-state index contributed by atoms with van der Waals surface area (Å²) in [6.45, 7) is 4.00. The van der Waals surface area contributed by atoms with Crippen molar-refractivity contribution in [1.82, 2.24) is 0 Å². The van der Waals surface area contributed by atoms with E-state index < -0.39 is 5.63 Å². The molecule has 0 unspecified atom stereocenters. The number of phenols is 2. The summed E-state index contributed by atoms with van der Waals surface area (Å²) in [5.74, 6) is 0.187. The van der Waals surface area contributed by atoms with Crippen LogP contribution in [-0.2, 0) is 0 Å². The van der Waals surface area contributed by atoms with Crippen LogP contribution in [0.1, 0.15) is 13.8 Å². The van der Waals surface area contributed by atoms with E-state index in [2.05, 4.69) is 0 Å². The molecule has 0 amide bonds. The monoisotopic (exact) mass is 284 g/mol. The standard InChI is InChI=1S/C15H10O4.C2H6/c16-11-4-1-9(2-5-11)13-7-10-3-6-12(17)8-14(10)19-15(13)18;1-2/h1-8,16-17H;1-2H3. The van der Waals surface area contributed by atoms with Crippen molar-refractivity contribution in [3.05, 3.63) is 59.0 Å². The van der Waals surface area contributed by atoms with Gasteiger partial charge in [0.15, 0.2) is 0 Å². The molecule has 2 aromatic carbocycles. The zero-order valence-electron chi connectivity index (χ0n) is 11.8. The molecule has 0 aliphatic carbocycles. The molecule has 3 rings (SSSR count). The van der Waals surface area contributed by atoms with E-state index in [1.54, 1.807) is 24.3 Å². The van der Waals surface area contributed by atoms with Crippen molar-refractivity contribution in [2.24, 2.45) is 0 Å². The zero-order chi connectivity index (χ0) is 15.4. The molecule has 0 radical (unpaired) electrons. The van der Waals surface area contributed by atoms with Crippen LogP contribution in [-0.4, -0.2) is 10.2 Å². The van der Waals surface area contributed by atoms with Gasteiger partial charge < -0.3 is 14.6 Å². The highest BCUT2D eigenvalue weighted by molar-refractivity contribution is 5.82. The Hall–Kier alpha value is -2.75. The third-order valence-corrected chi connectivity index (χ3v) is 2.90. The highest BCUT2D eigenvalue weighted by Crippen LogP contribution is 2.24. The third-order valence-electron chi connectivity index (χ3n) is 2.90. The SMILES string of the molecule is CC.O=c1oc2cc(O)ccc2cc1-c1ccc(O)cc1. The van der Waals surface area contributed by atoms with Gasteiger partial charge in [0.25, 0.3) is 0 Å². The Morgan fingerprint density at radius 3 is 2.14 bits per heavy atom. The van der Waals surface area contributed by atoms with E-state index in [0.717, 1.165) is 5.39 Å². The second kappa shape index (κ2) is 6.13. The van der Waals surface area contributed by atoms with Crippen molar-refractivity contribution in [1.29, 1.82) is 0 Å². The lowest BCUT2D eigenvalue weighted by Crippen LogP contribution is -2.02. The van der Waals surface area contributed by atoms with E-state index in [1.807, 2.05) is 13.8 Å². The van der Waals surface area contributed by atoms with Gasteiger partial charge in [0, 0.05) is 11.5 Å². The second-order valence-electron chi connectivity index (χ2n) is 4.22. The van der Waals surface area contributed by atoms with Gasteiger partial charge in [-0.3, -0.25) is 0 Å². The Morgan fingerprint density at radius 2 is 1.48 bits per heavy atom. The van der Waals surface area contributed by atoms with Crippen molar-refractivity contribution < 1.29 is 14.6 Å². The highest BCUT2D eigenvalue weighted by Gasteiger charge is 2.08. The van der Waals surface area contributed by atoms with Crippen LogP contribution in [0.25, 0.3) is 22.1 Å². The minimum atomic E-state index is -0.483. The van der Waals surface area contributed by atoms with Gasteiger partial charge in [-0.2, -0.15) is 0 Å². The maximum Gasteiger partial charge on any atom is 0.344 e. The lowest BCUT2D eigenvalue weighted by atomic mass is 10.1. The Labute approximate surface area is 121 Å². The van der Waals surface area contributed by atoms with Crippen LogP contribution in [0.3, 0.4) is 0 Å². The van der Waals surface area contributed by atoms with Crippen molar-refractivity contribution in [2.45, 2.75) is 13.8 Å². The summed E-state index contributed by atoms with van der Waals surface area (Å²) in [4.78, 5) is 11.9. The Bertz CT molecular complexity index is 801. The van der Waals surface area contributed by atoms with Gasteiger partial charge in [0.2, 0.25) is 0 Å². The first-order chi connectivity index (χ1) is 10.1. The van der Waals surface area contributed by atoms with Crippen molar-refractivity contribution in [3.8, 4) is 22.6 Å². The lowest BCUT2D eigenvalue weighted by molar-refractivity contribution is 0.473. The number of phenolic OH excluding ortho intramolecular Hbond substituents is 2. The number of hydrogen-bond donors (Lipinski definition) is 2. The van der Waals surface area contributed by atoms with E-state index in [4.69, 9.17) is 4.42 Å². The first kappa shape index (κ1) is 14.7. The van der Waals surface area contributed by atoms with Crippen LogP contribution in [0.15, 0.2) is 57.7 Å². The molecule has 0 aliphatic heterocycles. The fourth-order valence-electron chi connectivity index (χ4n) is 1.94. The minimum absolute atomic E-state index is 0.0491. The highest BCUT2D eigenvalue weighted by atomic mass is 16.4. The normalized spacial score (nSPS) is 10.0. The molecular weight excluding hydrogens is 268 g/mol. The van der Waals surface area contributed by atoms with Crippen LogP contribution in [0, 0.1) is 0 Å². The van der Waals surface area contributed by atoms with Gasteiger partial charge in [-0.1, -0.05) is 26.0 Å². The minimum Gasteiger partial charge on any atom is -0.508 e. The van der Waals surface area contributed by atoms with E-state index in [1.165, 1.54) is 24.3 Å². The summed E-state index contributed by atoms with van der Waals surface area (Å²) in [5.41, 5.74) is 0.941. The number of fused-ring (bicyclic) bond motifs is 1. The van der Waals surface area contributed by atoms with E-state index in [0.29, 0.717) is 16.7 Å². The topological polar surface area (TPSA) is 70.7 Å². The molecule has 1 aromatic heterocycles. The second-order valence-corrected chi connectivity index (χ2v) is 4.22. The van der Waals surface area contributed by atoms with Gasteiger partial charge in [-0.15, -0.1) is 0 Å². The maximum absolute atomic E-state index is 11.9. The largest absolute Gasteiger partial charge is 0.508 e. The van der Waals surface area contributed by atoms with Crippen LogP contribution in [0.4, 0.5) is 0 Å². The molecule has 1 heterocycles. The van der Waals surface area contributed by atoms with Crippen molar-refractivity contribution in [2.75, 3.05) is 0 Å². The Balaban J connectivity index is 0.000000774. The molecule has 0 atom stereocenters. The van der Waals surface area contributed by atoms with Crippen LogP contribution in [0.2, 0.25) is 0 Å². The molecule has 0 aliphatic rings. The van der Waals surface area contributed by atoms with E-state index >= 15 is 0 Å². The number of aromatic hydroxyl groups is 2. The molecule has 0 saturated carbocycles. The number of hydrogen-bond acceptors (Lipinski definition) is 4. The summed E-state index contributed by atoms with van der Waals surface area (Å²) < 4.78 is 5.18. The molecule has 2 N–H and O–H groups in total. The third kappa shape index (κ3) is 3.05. The quantitative estimate of drug-likeness (QED) is 0.665. The van der Waals surface area contributed by atoms with Gasteiger partial charge in [0.1, 0.15) is 17.1 Å². The summed E-state index contributed by atoms with van der Waals surface area (Å²) >= 11 is 0. The average Bonchev–Trinajstić information content (AvgIpc) is 2.49. The molecule has 0 spiro atoms. The lowest BCUT2D eigenvalue weighted by Gasteiger charge is -2.03. The van der Waals surface area contributed by atoms with E-state index in [9.17, 15) is 15.0 Å². The first-order valence-electron chi connectivity index (χ1n) is 6.70. The average molecular weight is 284 g/mol. The summed E-state index contributed by atoms with van der Waals surface area (Å²) in [6.07, 6.45) is 0. The van der Waals surface area contributed by atoms with Crippen molar-refractivity contribution >= 4 is 11.0 Å². The molecule has 4 nitrogen and oxygen atoms in total. The van der Waals surface area contributed by atoms with Gasteiger partial charge >= 0.3 is 5.63 Å². The summed E-state index contributed by atoms with van der Waals surface area (Å²) in [5, 5.41) is 19.3. The molecule has 0 saturated heterocycles. The van der Waals surface area contributed by atoms with Gasteiger partial charge in [0.05, 0.1) is 5.56 Å². The predicted octanol–water partition coefficient (Wildman–Crippen LogP) is 3.90. The fraction of sp³-hybridized carbons (Fsp3) is 0.118. The van der Waals surface area contributed by atoms with Crippen LogP contribution < -0.4 is 5.63 Å². The summed E-state index contributed by atoms with van der Waals surface area (Å²) in [7, 11) is 0. The smallest absolute Gasteiger partial charge is 0.344 e. The molecular formula is C17H16O4. The molecule has 108 valence electrons. The fourth-order valence-corrected chi connectivity index (χ4v) is 1.94. The van der Waals surface area contributed by atoms with Gasteiger partial charge in [-0.05, 0) is 35.9 Å². The zero-order valence-corrected chi connectivity index (χ0v) is 11.8. The Kier molecular flexibility index (Phi) is 4.28. The number of benzene rings is 2. The molecule has 21 heavy (non-hydrogen) atoms. The van der Waals surface area contributed by atoms with Crippen LogP contribution >= 0.6 is 0 Å². The predicted molar refractivity (Wildman–Crippen MR) is 82.6 cm³/mol. The number of rotatable bonds is 1. The first-order valence-corrected chi connectivity index (χ1v) is 6.70. The van der Waals surface area contributed by atoms with Crippen molar-refractivity contribution in [3.63, 3.8) is 0 Å². The molecule has 0 fully saturated rings. The molecule has 3 aromatic rings. The maximum atomic E-state index is 11.9.